The van der Waals surface area contributed by atoms with Gasteiger partial charge in [0.2, 0.25) is 5.91 Å². The molecule has 0 bridgehead atoms. The van der Waals surface area contributed by atoms with Crippen LogP contribution in [0.15, 0.2) is 60.7 Å². The fourth-order valence-corrected chi connectivity index (χ4v) is 8.11. The molecule has 4 heterocycles. The van der Waals surface area contributed by atoms with Gasteiger partial charge in [-0.1, -0.05) is 48.0 Å². The summed E-state index contributed by atoms with van der Waals surface area (Å²) in [5.74, 6) is -1.26. The van der Waals surface area contributed by atoms with Crippen LogP contribution in [0.3, 0.4) is 0 Å². The molecule has 8 heteroatoms. The molecule has 3 aromatic rings. The van der Waals surface area contributed by atoms with Crippen molar-refractivity contribution in [2.75, 3.05) is 24.3 Å². The standard InChI is InChI=1S/C30H26ClN3O4/c1-16-14-19-25(20(31)15-16)33-28(37)30(19)29(18-9-4-5-10-21(18)32-27(29)36)24(22-11-7-13-34(22)30)26(35)17-8-3-6-12-23(17)38-2/h3-6,8-10,12,14-15,22,24H,7,11,13H2,1-2H3,(H,32,36)(H,33,37). The number of nitrogens with one attached hydrogen (secondary N) is 2. The lowest BCUT2D eigenvalue weighted by Gasteiger charge is -2.43. The van der Waals surface area contributed by atoms with Crippen molar-refractivity contribution in [3.8, 4) is 5.75 Å². The molecule has 2 saturated heterocycles. The average molecular weight is 528 g/mol. The van der Waals surface area contributed by atoms with Crippen LogP contribution in [0.1, 0.15) is 39.9 Å². The molecule has 2 fully saturated rings. The van der Waals surface area contributed by atoms with Gasteiger partial charge < -0.3 is 15.4 Å². The van der Waals surface area contributed by atoms with Gasteiger partial charge in [0.15, 0.2) is 5.78 Å². The van der Waals surface area contributed by atoms with Crippen molar-refractivity contribution in [2.24, 2.45) is 5.92 Å². The minimum atomic E-state index is -1.51. The number of ketones is 1. The van der Waals surface area contributed by atoms with Gasteiger partial charge in [0.1, 0.15) is 16.7 Å². The van der Waals surface area contributed by atoms with E-state index in [4.69, 9.17) is 16.3 Å². The third-order valence-electron chi connectivity index (χ3n) is 8.96. The zero-order valence-electron chi connectivity index (χ0n) is 21.0. The summed E-state index contributed by atoms with van der Waals surface area (Å²) in [6.45, 7) is 2.50. The van der Waals surface area contributed by atoms with Gasteiger partial charge >= 0.3 is 0 Å². The number of ether oxygens (including phenoxy) is 1. The number of Topliss-reactive ketones (excluding diaryl/α,β-unsaturated/α-hetero) is 1. The largest absolute Gasteiger partial charge is 0.496 e. The lowest BCUT2D eigenvalue weighted by atomic mass is 9.57. The Morgan fingerprint density at radius 2 is 1.79 bits per heavy atom. The molecular formula is C30H26ClN3O4. The van der Waals surface area contributed by atoms with Gasteiger partial charge in [-0.05, 0) is 61.7 Å². The Hall–Kier alpha value is -3.68. The zero-order chi connectivity index (χ0) is 26.4. The predicted octanol–water partition coefficient (Wildman–Crippen LogP) is 4.67. The summed E-state index contributed by atoms with van der Waals surface area (Å²) in [6, 6.07) is 17.9. The van der Waals surface area contributed by atoms with Gasteiger partial charge in [-0.25, -0.2) is 0 Å². The van der Waals surface area contributed by atoms with Crippen molar-refractivity contribution in [2.45, 2.75) is 36.8 Å². The van der Waals surface area contributed by atoms with E-state index < -0.39 is 16.9 Å². The Morgan fingerprint density at radius 1 is 1.03 bits per heavy atom. The van der Waals surface area contributed by atoms with Crippen molar-refractivity contribution >= 4 is 40.6 Å². The van der Waals surface area contributed by atoms with Gasteiger partial charge in [-0.3, -0.25) is 19.3 Å². The van der Waals surface area contributed by atoms with E-state index >= 15 is 0 Å². The van der Waals surface area contributed by atoms with E-state index in [0.717, 1.165) is 12.0 Å². The highest BCUT2D eigenvalue weighted by atomic mass is 35.5. The van der Waals surface area contributed by atoms with Crippen molar-refractivity contribution in [1.82, 2.24) is 4.90 Å². The number of hydrogen-bond donors (Lipinski definition) is 2. The summed E-state index contributed by atoms with van der Waals surface area (Å²) >= 11 is 6.69. The molecule has 2 N–H and O–H groups in total. The first-order valence-electron chi connectivity index (χ1n) is 12.8. The second-order valence-electron chi connectivity index (χ2n) is 10.6. The predicted molar refractivity (Wildman–Crippen MR) is 144 cm³/mol. The zero-order valence-corrected chi connectivity index (χ0v) is 21.8. The molecule has 7 rings (SSSR count). The van der Waals surface area contributed by atoms with Gasteiger partial charge in [-0.15, -0.1) is 0 Å². The summed E-state index contributed by atoms with van der Waals surface area (Å²) in [5, 5.41) is 6.51. The van der Waals surface area contributed by atoms with Crippen LogP contribution in [-0.4, -0.2) is 42.2 Å². The number of benzene rings is 3. The molecule has 4 aliphatic rings. The molecule has 0 aliphatic carbocycles. The van der Waals surface area contributed by atoms with Crippen LogP contribution in [0, 0.1) is 12.8 Å². The van der Waals surface area contributed by atoms with E-state index in [1.165, 1.54) is 7.11 Å². The highest BCUT2D eigenvalue weighted by Crippen LogP contribution is 2.68. The van der Waals surface area contributed by atoms with Gasteiger partial charge in [0.05, 0.1) is 29.3 Å². The number of nitrogens with zero attached hydrogens (tertiary/aromatic N) is 1. The molecular weight excluding hydrogens is 502 g/mol. The third-order valence-corrected chi connectivity index (χ3v) is 9.25. The van der Waals surface area contributed by atoms with Gasteiger partial charge in [0, 0.05) is 17.3 Å². The second-order valence-corrected chi connectivity index (χ2v) is 11.0. The molecule has 4 atom stereocenters. The number of halogens is 1. The third kappa shape index (κ3) is 2.56. The first kappa shape index (κ1) is 23.4. The highest BCUT2D eigenvalue weighted by molar-refractivity contribution is 6.35. The van der Waals surface area contributed by atoms with E-state index in [1.54, 1.807) is 18.2 Å². The first-order valence-corrected chi connectivity index (χ1v) is 13.2. The van der Waals surface area contributed by atoms with Crippen molar-refractivity contribution in [3.63, 3.8) is 0 Å². The van der Waals surface area contributed by atoms with E-state index in [2.05, 4.69) is 15.5 Å². The first-order chi connectivity index (χ1) is 18.4. The molecule has 2 spiro atoms. The van der Waals surface area contributed by atoms with Crippen molar-refractivity contribution in [3.05, 3.63) is 87.9 Å². The smallest absolute Gasteiger partial charge is 0.251 e. The van der Waals surface area contributed by atoms with Gasteiger partial charge in [-0.2, -0.15) is 0 Å². The van der Waals surface area contributed by atoms with Crippen LogP contribution in [0.25, 0.3) is 0 Å². The quantitative estimate of drug-likeness (QED) is 0.483. The van der Waals surface area contributed by atoms with Crippen LogP contribution >= 0.6 is 11.6 Å². The summed E-state index contributed by atoms with van der Waals surface area (Å²) in [6.07, 6.45) is 1.50. The maximum absolute atomic E-state index is 14.7. The maximum atomic E-state index is 14.7. The summed E-state index contributed by atoms with van der Waals surface area (Å²) < 4.78 is 5.58. The number of rotatable bonds is 3. The lowest BCUT2D eigenvalue weighted by molar-refractivity contribution is -0.137. The number of amides is 2. The number of anilines is 2. The SMILES string of the molecule is COc1ccccc1C(=O)C1C2CCCN2C2(C(=O)Nc3c(Cl)cc(C)cc32)C12C(=O)Nc1ccccc12. The number of fused-ring (bicyclic) bond motifs is 7. The van der Waals surface area contributed by atoms with E-state index in [0.29, 0.717) is 51.8 Å². The van der Waals surface area contributed by atoms with Crippen LogP contribution in [0.4, 0.5) is 11.4 Å². The maximum Gasteiger partial charge on any atom is 0.251 e. The number of methoxy groups -OCH3 is 1. The molecule has 0 radical (unpaired) electrons. The number of aryl methyl sites for hydroxylation is 1. The molecule has 38 heavy (non-hydrogen) atoms. The van der Waals surface area contributed by atoms with Crippen molar-refractivity contribution in [1.29, 1.82) is 0 Å². The summed E-state index contributed by atoms with van der Waals surface area (Å²) in [5.41, 5.74) is 0.765. The second kappa shape index (κ2) is 7.91. The Kier molecular flexibility index (Phi) is 4.88. The lowest BCUT2D eigenvalue weighted by Crippen LogP contribution is -2.62. The summed E-state index contributed by atoms with van der Waals surface area (Å²) in [4.78, 5) is 45.9. The Bertz CT molecular complexity index is 1570. The topological polar surface area (TPSA) is 87.7 Å². The summed E-state index contributed by atoms with van der Waals surface area (Å²) in [7, 11) is 1.53. The van der Waals surface area contributed by atoms with E-state index in [1.807, 2.05) is 49.4 Å². The van der Waals surface area contributed by atoms with E-state index in [9.17, 15) is 14.4 Å². The van der Waals surface area contributed by atoms with Gasteiger partial charge in [0.25, 0.3) is 5.91 Å². The molecule has 192 valence electrons. The number of para-hydroxylation sites is 2. The minimum Gasteiger partial charge on any atom is -0.496 e. The number of hydrogen-bond acceptors (Lipinski definition) is 5. The monoisotopic (exact) mass is 527 g/mol. The fraction of sp³-hybridized carbons (Fsp3) is 0.300. The minimum absolute atomic E-state index is 0.205. The van der Waals surface area contributed by atoms with Crippen LogP contribution in [0.5, 0.6) is 5.75 Å². The van der Waals surface area contributed by atoms with E-state index in [-0.39, 0.29) is 23.6 Å². The normalized spacial score (nSPS) is 28.8. The van der Waals surface area contributed by atoms with Crippen LogP contribution in [-0.2, 0) is 20.5 Å². The number of carbonyl (C=O) groups excluding carboxylic acids is 3. The molecule has 4 unspecified atom stereocenters. The molecule has 4 aliphatic heterocycles. The number of carbonyl (C=O) groups is 3. The Morgan fingerprint density at radius 3 is 2.61 bits per heavy atom. The molecule has 3 aromatic carbocycles. The average Bonchev–Trinajstić information content (AvgIpc) is 3.63. The molecule has 7 nitrogen and oxygen atoms in total. The highest BCUT2D eigenvalue weighted by Gasteiger charge is 2.81. The Labute approximate surface area is 225 Å². The van der Waals surface area contributed by atoms with Crippen LogP contribution in [0.2, 0.25) is 5.02 Å². The van der Waals surface area contributed by atoms with Crippen LogP contribution < -0.4 is 15.4 Å². The van der Waals surface area contributed by atoms with Crippen molar-refractivity contribution < 1.29 is 19.1 Å². The fourth-order valence-electron chi connectivity index (χ4n) is 7.79. The molecule has 2 amide bonds. The molecule has 0 aromatic heterocycles. The molecule has 0 saturated carbocycles. The Balaban J connectivity index is 1.61.